The first-order valence-electron chi connectivity index (χ1n) is 12.5. The van der Waals surface area contributed by atoms with Gasteiger partial charge in [-0.15, -0.1) is 24.8 Å². The van der Waals surface area contributed by atoms with Crippen LogP contribution in [0.25, 0.3) is 0 Å². The number of fused-ring (bicyclic) bond motifs is 4. The Bertz CT molecular complexity index is 1050. The average molecular weight is 540 g/mol. The van der Waals surface area contributed by atoms with Crippen molar-refractivity contribution in [3.63, 3.8) is 0 Å². The summed E-state index contributed by atoms with van der Waals surface area (Å²) in [5.74, 6) is 4.50. The van der Waals surface area contributed by atoms with Crippen LogP contribution in [0.1, 0.15) is 54.1 Å². The molecule has 4 unspecified atom stereocenters. The van der Waals surface area contributed by atoms with Gasteiger partial charge in [0, 0.05) is 18.6 Å². The van der Waals surface area contributed by atoms with Gasteiger partial charge in [0.1, 0.15) is 0 Å². The van der Waals surface area contributed by atoms with Crippen molar-refractivity contribution in [2.24, 2.45) is 11.8 Å². The Labute approximate surface area is 227 Å². The summed E-state index contributed by atoms with van der Waals surface area (Å²) in [6.07, 6.45) is 4.47. The van der Waals surface area contributed by atoms with Gasteiger partial charge in [0.25, 0.3) is 0 Å². The Morgan fingerprint density at radius 1 is 0.778 bits per heavy atom. The normalized spacial score (nSPS) is 24.7. The van der Waals surface area contributed by atoms with Crippen LogP contribution in [0.3, 0.4) is 0 Å². The molecular weight excluding hydrogens is 499 g/mol. The van der Waals surface area contributed by atoms with Gasteiger partial charge in [0.2, 0.25) is 0 Å². The molecule has 3 aliphatic rings. The van der Waals surface area contributed by atoms with E-state index in [0.29, 0.717) is 23.9 Å². The van der Waals surface area contributed by atoms with Gasteiger partial charge in [0.15, 0.2) is 23.0 Å². The number of halogens is 2. The summed E-state index contributed by atoms with van der Waals surface area (Å²) in [6, 6.07) is 9.56. The number of hydrogen-bond acceptors (Lipinski definition) is 6. The maximum Gasteiger partial charge on any atom is 0.161 e. The van der Waals surface area contributed by atoms with Crippen molar-refractivity contribution in [3.8, 4) is 23.0 Å². The second kappa shape index (κ2) is 12.1. The van der Waals surface area contributed by atoms with Gasteiger partial charge in [-0.05, 0) is 97.1 Å². The van der Waals surface area contributed by atoms with E-state index >= 15 is 0 Å². The standard InChI is InChI=1S/C28H38N2O4.2ClH/c1-17-18(12-23-21-15-26(33-4)24(31-2)13-19(21)6-9-29-23)7-10-30-11-8-20-14-25(32-3)27(34-5)16-22(20)28(17)30;;/h13-18,23,28-29H,6-12H2,1-5H3;2*1H. The number of methoxy groups -OCH3 is 4. The highest BCUT2D eigenvalue weighted by molar-refractivity contribution is 5.85. The van der Waals surface area contributed by atoms with E-state index in [1.54, 1.807) is 28.4 Å². The summed E-state index contributed by atoms with van der Waals surface area (Å²) in [5.41, 5.74) is 5.58. The zero-order valence-electron chi connectivity index (χ0n) is 22.0. The van der Waals surface area contributed by atoms with Crippen molar-refractivity contribution < 1.29 is 18.9 Å². The third kappa shape index (κ3) is 5.10. The van der Waals surface area contributed by atoms with Gasteiger partial charge >= 0.3 is 0 Å². The number of hydrogen-bond donors (Lipinski definition) is 1. The largest absolute Gasteiger partial charge is 0.493 e. The summed E-state index contributed by atoms with van der Waals surface area (Å²) < 4.78 is 22.5. The molecule has 1 saturated heterocycles. The van der Waals surface area contributed by atoms with Crippen LogP contribution in [0.15, 0.2) is 24.3 Å². The molecule has 0 radical (unpaired) electrons. The number of rotatable bonds is 6. The molecule has 0 aliphatic carbocycles. The van der Waals surface area contributed by atoms with Gasteiger partial charge in [-0.1, -0.05) is 6.92 Å². The van der Waals surface area contributed by atoms with E-state index in [1.165, 1.54) is 28.7 Å². The molecule has 3 heterocycles. The molecular formula is C28H40Cl2N2O4. The third-order valence-electron chi connectivity index (χ3n) is 8.40. The van der Waals surface area contributed by atoms with Gasteiger partial charge in [-0.2, -0.15) is 0 Å². The van der Waals surface area contributed by atoms with E-state index in [-0.39, 0.29) is 24.8 Å². The lowest BCUT2D eigenvalue weighted by Crippen LogP contribution is -2.46. The molecule has 4 atom stereocenters. The maximum atomic E-state index is 5.67. The van der Waals surface area contributed by atoms with Gasteiger partial charge in [-0.25, -0.2) is 0 Å². The molecule has 6 nitrogen and oxygen atoms in total. The van der Waals surface area contributed by atoms with Crippen LogP contribution in [-0.2, 0) is 12.8 Å². The van der Waals surface area contributed by atoms with Crippen molar-refractivity contribution >= 4 is 24.8 Å². The highest BCUT2D eigenvalue weighted by atomic mass is 35.5. The number of nitrogens with zero attached hydrogens (tertiary/aromatic N) is 1. The molecule has 1 N–H and O–H groups in total. The molecule has 2 aromatic carbocycles. The Morgan fingerprint density at radius 2 is 1.33 bits per heavy atom. The molecule has 36 heavy (non-hydrogen) atoms. The van der Waals surface area contributed by atoms with Crippen molar-refractivity contribution in [2.75, 3.05) is 48.1 Å². The minimum absolute atomic E-state index is 0. The third-order valence-corrected chi connectivity index (χ3v) is 8.40. The van der Waals surface area contributed by atoms with Crippen molar-refractivity contribution in [1.29, 1.82) is 0 Å². The Morgan fingerprint density at radius 3 is 1.94 bits per heavy atom. The minimum Gasteiger partial charge on any atom is -0.493 e. The fourth-order valence-corrected chi connectivity index (χ4v) is 6.56. The molecule has 5 rings (SSSR count). The highest BCUT2D eigenvalue weighted by Crippen LogP contribution is 2.48. The number of benzene rings is 2. The second-order valence-electron chi connectivity index (χ2n) is 9.94. The van der Waals surface area contributed by atoms with Crippen molar-refractivity contribution in [3.05, 3.63) is 46.5 Å². The van der Waals surface area contributed by atoms with Crippen molar-refractivity contribution in [2.45, 2.75) is 44.7 Å². The van der Waals surface area contributed by atoms with Crippen LogP contribution in [0.4, 0.5) is 0 Å². The van der Waals surface area contributed by atoms with Crippen LogP contribution in [0, 0.1) is 11.8 Å². The molecule has 0 aromatic heterocycles. The number of nitrogens with one attached hydrogen (secondary N) is 1. The van der Waals surface area contributed by atoms with E-state index in [4.69, 9.17) is 18.9 Å². The predicted octanol–water partition coefficient (Wildman–Crippen LogP) is 5.40. The van der Waals surface area contributed by atoms with Crippen LogP contribution >= 0.6 is 24.8 Å². The average Bonchev–Trinajstić information content (AvgIpc) is 2.88. The minimum atomic E-state index is 0. The molecule has 1 fully saturated rings. The molecule has 0 bridgehead atoms. The van der Waals surface area contributed by atoms with E-state index in [9.17, 15) is 0 Å². The topological polar surface area (TPSA) is 52.2 Å². The summed E-state index contributed by atoms with van der Waals surface area (Å²) in [6.45, 7) is 5.72. The fourth-order valence-electron chi connectivity index (χ4n) is 6.56. The summed E-state index contributed by atoms with van der Waals surface area (Å²) in [7, 11) is 6.88. The van der Waals surface area contributed by atoms with E-state index in [2.05, 4.69) is 41.4 Å². The Balaban J connectivity index is 0.00000180. The van der Waals surface area contributed by atoms with Crippen LogP contribution in [0.2, 0.25) is 0 Å². The van der Waals surface area contributed by atoms with Gasteiger partial charge in [0.05, 0.1) is 28.4 Å². The van der Waals surface area contributed by atoms with Crippen molar-refractivity contribution in [1.82, 2.24) is 10.2 Å². The summed E-state index contributed by atoms with van der Waals surface area (Å²) in [4.78, 5) is 2.69. The quantitative estimate of drug-likeness (QED) is 0.531. The first-order valence-corrected chi connectivity index (χ1v) is 12.5. The molecule has 200 valence electrons. The number of ether oxygens (including phenoxy) is 4. The van der Waals surface area contributed by atoms with E-state index in [1.807, 2.05) is 0 Å². The zero-order valence-corrected chi connectivity index (χ0v) is 23.6. The smallest absolute Gasteiger partial charge is 0.161 e. The van der Waals surface area contributed by atoms with Gasteiger partial charge < -0.3 is 24.3 Å². The predicted molar refractivity (Wildman–Crippen MR) is 148 cm³/mol. The highest BCUT2D eigenvalue weighted by Gasteiger charge is 2.41. The molecule has 8 heteroatoms. The molecule has 3 aliphatic heterocycles. The molecule has 0 amide bonds. The molecule has 0 spiro atoms. The summed E-state index contributed by atoms with van der Waals surface area (Å²) in [5, 5.41) is 3.81. The SMILES string of the molecule is COc1cc2c(cc1OC)C(CC1CCN3CCc4cc(OC)c(OC)cc4C3C1C)NCC2.Cl.Cl. The lowest BCUT2D eigenvalue weighted by molar-refractivity contribution is 0.0405. The first kappa shape index (κ1) is 28.7. The lowest BCUT2D eigenvalue weighted by Gasteiger charge is -2.48. The van der Waals surface area contributed by atoms with E-state index < -0.39 is 0 Å². The fraction of sp³-hybridized carbons (Fsp3) is 0.571. The van der Waals surface area contributed by atoms with Crippen LogP contribution < -0.4 is 24.3 Å². The summed E-state index contributed by atoms with van der Waals surface area (Å²) >= 11 is 0. The lowest BCUT2D eigenvalue weighted by atomic mass is 9.71. The Hall–Kier alpha value is -1.86. The maximum absolute atomic E-state index is 5.67. The Kier molecular flexibility index (Phi) is 9.67. The molecule has 2 aromatic rings. The van der Waals surface area contributed by atoms with E-state index in [0.717, 1.165) is 61.9 Å². The van der Waals surface area contributed by atoms with Crippen LogP contribution in [0.5, 0.6) is 23.0 Å². The zero-order chi connectivity index (χ0) is 23.8. The monoisotopic (exact) mass is 538 g/mol. The second-order valence-corrected chi connectivity index (χ2v) is 9.94. The number of piperidine rings is 1. The van der Waals surface area contributed by atoms with Gasteiger partial charge in [-0.3, -0.25) is 4.90 Å². The first-order chi connectivity index (χ1) is 16.6. The molecule has 0 saturated carbocycles. The van der Waals surface area contributed by atoms with Crippen LogP contribution in [-0.4, -0.2) is 53.0 Å².